The van der Waals surface area contributed by atoms with E-state index in [9.17, 15) is 4.79 Å². The van der Waals surface area contributed by atoms with E-state index in [4.69, 9.17) is 16.3 Å². The van der Waals surface area contributed by atoms with Crippen molar-refractivity contribution in [2.24, 2.45) is 0 Å². The maximum atomic E-state index is 12.3. The molecule has 1 aromatic carbocycles. The van der Waals surface area contributed by atoms with E-state index in [0.29, 0.717) is 28.7 Å². The Hall–Kier alpha value is -3.12. The van der Waals surface area contributed by atoms with Gasteiger partial charge >= 0.3 is 0 Å². The monoisotopic (exact) mass is 368 g/mol. The first kappa shape index (κ1) is 17.7. The molecule has 0 atom stereocenters. The second kappa shape index (κ2) is 8.31. The van der Waals surface area contributed by atoms with E-state index >= 15 is 0 Å². The minimum Gasteiger partial charge on any atom is -0.495 e. The summed E-state index contributed by atoms with van der Waals surface area (Å²) in [4.78, 5) is 20.7. The summed E-state index contributed by atoms with van der Waals surface area (Å²) in [6.07, 6.45) is 3.26. The van der Waals surface area contributed by atoms with Crippen LogP contribution in [0.2, 0.25) is 5.02 Å². The van der Waals surface area contributed by atoms with E-state index in [1.165, 1.54) is 0 Å². The Bertz CT molecular complexity index is 903. The number of halogens is 1. The number of hydrogen-bond acceptors (Lipinski definition) is 5. The van der Waals surface area contributed by atoms with Gasteiger partial charge < -0.3 is 15.4 Å². The second-order valence-electron chi connectivity index (χ2n) is 5.41. The SMILES string of the molecule is COc1ccc(Nc2cc(C(=O)NCc3ccccn3)ccn2)cc1Cl. The lowest BCUT2D eigenvalue weighted by Gasteiger charge is -2.10. The van der Waals surface area contributed by atoms with Crippen LogP contribution in [0.1, 0.15) is 16.1 Å². The molecule has 0 fully saturated rings. The number of anilines is 2. The Morgan fingerprint density at radius 3 is 2.73 bits per heavy atom. The Kier molecular flexibility index (Phi) is 5.66. The van der Waals surface area contributed by atoms with Gasteiger partial charge in [-0.2, -0.15) is 0 Å². The number of aromatic nitrogens is 2. The lowest BCUT2D eigenvalue weighted by Crippen LogP contribution is -2.23. The normalized spacial score (nSPS) is 10.2. The van der Waals surface area contributed by atoms with Crippen molar-refractivity contribution < 1.29 is 9.53 Å². The van der Waals surface area contributed by atoms with Gasteiger partial charge in [-0.05, 0) is 42.5 Å². The van der Waals surface area contributed by atoms with Crippen LogP contribution in [0.5, 0.6) is 5.75 Å². The Morgan fingerprint density at radius 2 is 2.00 bits per heavy atom. The highest BCUT2D eigenvalue weighted by Gasteiger charge is 2.08. The van der Waals surface area contributed by atoms with E-state index in [0.717, 1.165) is 11.4 Å². The average Bonchev–Trinajstić information content (AvgIpc) is 2.67. The van der Waals surface area contributed by atoms with Gasteiger partial charge in [-0.15, -0.1) is 0 Å². The average molecular weight is 369 g/mol. The number of ether oxygens (including phenoxy) is 1. The van der Waals surface area contributed by atoms with Crippen molar-refractivity contribution in [1.29, 1.82) is 0 Å². The molecule has 0 saturated carbocycles. The van der Waals surface area contributed by atoms with E-state index in [2.05, 4.69) is 20.6 Å². The van der Waals surface area contributed by atoms with Crippen molar-refractivity contribution in [3.8, 4) is 5.75 Å². The summed E-state index contributed by atoms with van der Waals surface area (Å²) in [6, 6.07) is 14.2. The van der Waals surface area contributed by atoms with Gasteiger partial charge in [0.15, 0.2) is 0 Å². The van der Waals surface area contributed by atoms with Gasteiger partial charge in [-0.1, -0.05) is 17.7 Å². The van der Waals surface area contributed by atoms with Crippen LogP contribution in [-0.2, 0) is 6.54 Å². The van der Waals surface area contributed by atoms with E-state index in [1.54, 1.807) is 43.8 Å². The van der Waals surface area contributed by atoms with Crippen LogP contribution in [0, 0.1) is 0 Å². The summed E-state index contributed by atoms with van der Waals surface area (Å²) in [6.45, 7) is 0.360. The topological polar surface area (TPSA) is 76.1 Å². The zero-order valence-electron chi connectivity index (χ0n) is 14.1. The number of hydrogen-bond donors (Lipinski definition) is 2. The summed E-state index contributed by atoms with van der Waals surface area (Å²) in [7, 11) is 1.56. The third-order valence-corrected chi connectivity index (χ3v) is 3.90. The summed E-state index contributed by atoms with van der Waals surface area (Å²) in [5.41, 5.74) is 2.04. The molecule has 2 N–H and O–H groups in total. The molecule has 6 nitrogen and oxygen atoms in total. The Balaban J connectivity index is 1.67. The number of methoxy groups -OCH3 is 1. The zero-order chi connectivity index (χ0) is 18.4. The first-order valence-corrected chi connectivity index (χ1v) is 8.28. The summed E-state index contributed by atoms with van der Waals surface area (Å²) >= 11 is 6.12. The predicted molar refractivity (Wildman–Crippen MR) is 101 cm³/mol. The molecule has 0 spiro atoms. The third-order valence-electron chi connectivity index (χ3n) is 3.60. The van der Waals surface area contributed by atoms with Gasteiger partial charge in [-0.25, -0.2) is 4.98 Å². The molecule has 3 rings (SSSR count). The fourth-order valence-corrected chi connectivity index (χ4v) is 2.57. The Labute approximate surface area is 156 Å². The number of carbonyl (C=O) groups excluding carboxylic acids is 1. The van der Waals surface area contributed by atoms with Crippen molar-refractivity contribution in [2.45, 2.75) is 6.54 Å². The number of carbonyl (C=O) groups is 1. The highest BCUT2D eigenvalue weighted by Crippen LogP contribution is 2.28. The quantitative estimate of drug-likeness (QED) is 0.691. The van der Waals surface area contributed by atoms with Crippen molar-refractivity contribution in [2.75, 3.05) is 12.4 Å². The number of rotatable bonds is 6. The van der Waals surface area contributed by atoms with Gasteiger partial charge in [0.1, 0.15) is 11.6 Å². The van der Waals surface area contributed by atoms with Crippen molar-refractivity contribution in [1.82, 2.24) is 15.3 Å². The zero-order valence-corrected chi connectivity index (χ0v) is 14.8. The minimum atomic E-state index is -0.200. The lowest BCUT2D eigenvalue weighted by atomic mass is 10.2. The molecule has 7 heteroatoms. The van der Waals surface area contributed by atoms with Gasteiger partial charge in [0.2, 0.25) is 0 Å². The molecule has 0 aliphatic carbocycles. The molecule has 0 saturated heterocycles. The fourth-order valence-electron chi connectivity index (χ4n) is 2.31. The van der Waals surface area contributed by atoms with Gasteiger partial charge in [0, 0.05) is 23.6 Å². The standard InChI is InChI=1S/C19H17ClN4O2/c1-26-17-6-5-14(11-16(17)20)24-18-10-13(7-9-22-18)19(25)23-12-15-4-2-3-8-21-15/h2-11H,12H2,1H3,(H,22,24)(H,23,25). The molecular formula is C19H17ClN4O2. The minimum absolute atomic E-state index is 0.200. The largest absolute Gasteiger partial charge is 0.495 e. The number of nitrogens with zero attached hydrogens (tertiary/aromatic N) is 2. The molecular weight excluding hydrogens is 352 g/mol. The van der Waals surface area contributed by atoms with Gasteiger partial charge in [0.05, 0.1) is 24.4 Å². The van der Waals surface area contributed by atoms with Crippen LogP contribution < -0.4 is 15.4 Å². The molecule has 2 heterocycles. The molecule has 0 radical (unpaired) electrons. The summed E-state index contributed by atoms with van der Waals surface area (Å²) in [5.74, 6) is 0.929. The van der Waals surface area contributed by atoms with Crippen molar-refractivity contribution >= 4 is 29.0 Å². The predicted octanol–water partition coefficient (Wildman–Crippen LogP) is 3.81. The molecule has 0 aliphatic rings. The van der Waals surface area contributed by atoms with E-state index in [1.807, 2.05) is 24.3 Å². The molecule has 132 valence electrons. The highest BCUT2D eigenvalue weighted by molar-refractivity contribution is 6.32. The maximum Gasteiger partial charge on any atom is 0.251 e. The molecule has 1 amide bonds. The van der Waals surface area contributed by atoms with Crippen LogP contribution >= 0.6 is 11.6 Å². The highest BCUT2D eigenvalue weighted by atomic mass is 35.5. The van der Waals surface area contributed by atoms with E-state index < -0.39 is 0 Å². The van der Waals surface area contributed by atoms with Crippen molar-refractivity contribution in [3.63, 3.8) is 0 Å². The Morgan fingerprint density at radius 1 is 1.12 bits per heavy atom. The fraction of sp³-hybridized carbons (Fsp3) is 0.105. The molecule has 3 aromatic rings. The molecule has 2 aromatic heterocycles. The van der Waals surface area contributed by atoms with Crippen molar-refractivity contribution in [3.05, 3.63) is 77.2 Å². The second-order valence-corrected chi connectivity index (χ2v) is 5.82. The van der Waals surface area contributed by atoms with Gasteiger partial charge in [0.25, 0.3) is 5.91 Å². The van der Waals surface area contributed by atoms with E-state index in [-0.39, 0.29) is 5.91 Å². The third kappa shape index (κ3) is 4.49. The summed E-state index contributed by atoms with van der Waals surface area (Å²) in [5, 5.41) is 6.45. The lowest BCUT2D eigenvalue weighted by molar-refractivity contribution is 0.0950. The molecule has 0 unspecified atom stereocenters. The first-order valence-electron chi connectivity index (χ1n) is 7.90. The smallest absolute Gasteiger partial charge is 0.251 e. The maximum absolute atomic E-state index is 12.3. The number of benzene rings is 1. The van der Waals surface area contributed by atoms with Crippen LogP contribution in [0.4, 0.5) is 11.5 Å². The molecule has 0 aliphatic heterocycles. The van der Waals surface area contributed by atoms with Crippen LogP contribution in [0.25, 0.3) is 0 Å². The number of nitrogens with one attached hydrogen (secondary N) is 2. The molecule has 0 bridgehead atoms. The van der Waals surface area contributed by atoms with Crippen LogP contribution in [-0.4, -0.2) is 23.0 Å². The molecule has 26 heavy (non-hydrogen) atoms. The number of pyridine rings is 2. The van der Waals surface area contributed by atoms with Crippen LogP contribution in [0.15, 0.2) is 60.9 Å². The number of amides is 1. The first-order chi connectivity index (χ1) is 12.7. The summed E-state index contributed by atoms with van der Waals surface area (Å²) < 4.78 is 5.13. The van der Waals surface area contributed by atoms with Crippen LogP contribution in [0.3, 0.4) is 0 Å². The van der Waals surface area contributed by atoms with Gasteiger partial charge in [-0.3, -0.25) is 9.78 Å².